The van der Waals surface area contributed by atoms with Crippen LogP contribution in [0.4, 0.5) is 0 Å². The van der Waals surface area contributed by atoms with E-state index in [1.165, 1.54) is 12.7 Å². The summed E-state index contributed by atoms with van der Waals surface area (Å²) in [4.78, 5) is 11.1. The topological polar surface area (TPSA) is 35.5 Å². The van der Waals surface area contributed by atoms with Crippen LogP contribution >= 0.6 is 11.8 Å². The molecule has 0 amide bonds. The minimum Gasteiger partial charge on any atom is -0.493 e. The molecule has 0 aliphatic heterocycles. The summed E-state index contributed by atoms with van der Waals surface area (Å²) >= 11 is 1.72. The van der Waals surface area contributed by atoms with Gasteiger partial charge in [-0.3, -0.25) is 4.79 Å². The van der Waals surface area contributed by atoms with E-state index in [2.05, 4.69) is 37.6 Å². The number of carbonyl (C=O) groups is 1. The summed E-state index contributed by atoms with van der Waals surface area (Å²) in [6.07, 6.45) is 0.446. The molecule has 1 aromatic carbocycles. The van der Waals surface area contributed by atoms with Crippen LogP contribution in [-0.4, -0.2) is 30.7 Å². The summed E-state index contributed by atoms with van der Waals surface area (Å²) in [5.41, 5.74) is 1.47. The van der Waals surface area contributed by atoms with Crippen LogP contribution in [-0.2, 0) is 14.9 Å². The van der Waals surface area contributed by atoms with Crippen molar-refractivity contribution in [2.45, 2.75) is 44.8 Å². The van der Waals surface area contributed by atoms with Gasteiger partial charge in [-0.2, -0.15) is 11.8 Å². The standard InChI is InChI=1S/C17H26O3S/c1-13(12-16(18)19-5)21-11-10-20-15-8-6-14(7-9-15)17(2,3)4/h6-9,13H,10-12H2,1-5H3. The molecule has 0 saturated carbocycles. The van der Waals surface area contributed by atoms with Crippen molar-refractivity contribution in [1.82, 2.24) is 0 Å². The first-order valence-electron chi connectivity index (χ1n) is 7.24. The van der Waals surface area contributed by atoms with Gasteiger partial charge in [-0.15, -0.1) is 0 Å². The van der Waals surface area contributed by atoms with Crippen molar-refractivity contribution >= 4 is 17.7 Å². The van der Waals surface area contributed by atoms with Gasteiger partial charge in [-0.05, 0) is 23.1 Å². The highest BCUT2D eigenvalue weighted by Crippen LogP contribution is 2.24. The van der Waals surface area contributed by atoms with Gasteiger partial charge in [0.25, 0.3) is 0 Å². The van der Waals surface area contributed by atoms with Gasteiger partial charge >= 0.3 is 5.97 Å². The Morgan fingerprint density at radius 1 is 1.24 bits per heavy atom. The second-order valence-electron chi connectivity index (χ2n) is 6.08. The van der Waals surface area contributed by atoms with Crippen LogP contribution in [0.3, 0.4) is 0 Å². The van der Waals surface area contributed by atoms with Crippen molar-refractivity contribution in [2.24, 2.45) is 0 Å². The first-order valence-corrected chi connectivity index (χ1v) is 8.29. The SMILES string of the molecule is COC(=O)CC(C)SCCOc1ccc(C(C)(C)C)cc1. The van der Waals surface area contributed by atoms with E-state index in [1.807, 2.05) is 19.1 Å². The third-order valence-electron chi connectivity index (χ3n) is 3.16. The molecule has 1 rings (SSSR count). The highest BCUT2D eigenvalue weighted by atomic mass is 32.2. The molecule has 0 bridgehead atoms. The summed E-state index contributed by atoms with van der Waals surface area (Å²) < 4.78 is 10.4. The smallest absolute Gasteiger partial charge is 0.306 e. The average molecular weight is 310 g/mol. The van der Waals surface area contributed by atoms with Crippen LogP contribution in [0, 0.1) is 0 Å². The number of ether oxygens (including phenoxy) is 2. The van der Waals surface area contributed by atoms with E-state index in [1.54, 1.807) is 11.8 Å². The Bertz CT molecular complexity index is 434. The molecule has 3 nitrogen and oxygen atoms in total. The molecule has 0 saturated heterocycles. The van der Waals surface area contributed by atoms with Crippen LogP contribution in [0.5, 0.6) is 5.75 Å². The summed E-state index contributed by atoms with van der Waals surface area (Å²) in [6, 6.07) is 8.26. The van der Waals surface area contributed by atoms with Crippen molar-refractivity contribution in [3.05, 3.63) is 29.8 Å². The van der Waals surface area contributed by atoms with Crippen molar-refractivity contribution in [3.8, 4) is 5.75 Å². The van der Waals surface area contributed by atoms with Crippen molar-refractivity contribution in [1.29, 1.82) is 0 Å². The van der Waals surface area contributed by atoms with Crippen LogP contribution in [0.2, 0.25) is 0 Å². The van der Waals surface area contributed by atoms with Crippen LogP contribution in [0.15, 0.2) is 24.3 Å². The van der Waals surface area contributed by atoms with Gasteiger partial charge in [-0.1, -0.05) is 39.8 Å². The number of rotatable bonds is 7. The zero-order chi connectivity index (χ0) is 15.9. The fourth-order valence-corrected chi connectivity index (χ4v) is 2.67. The zero-order valence-electron chi connectivity index (χ0n) is 13.6. The Morgan fingerprint density at radius 2 is 1.86 bits per heavy atom. The number of methoxy groups -OCH3 is 1. The van der Waals surface area contributed by atoms with Crippen LogP contribution < -0.4 is 4.74 Å². The fourth-order valence-electron chi connectivity index (χ4n) is 1.84. The Morgan fingerprint density at radius 3 is 2.38 bits per heavy atom. The van der Waals surface area contributed by atoms with Gasteiger partial charge < -0.3 is 9.47 Å². The number of thioether (sulfide) groups is 1. The number of carbonyl (C=O) groups excluding carboxylic acids is 1. The molecule has 0 heterocycles. The Balaban J connectivity index is 2.28. The number of benzene rings is 1. The molecule has 0 radical (unpaired) electrons. The predicted molar refractivity (Wildman–Crippen MR) is 89.2 cm³/mol. The molecule has 0 fully saturated rings. The second kappa shape index (κ2) is 8.32. The molecule has 1 unspecified atom stereocenters. The van der Waals surface area contributed by atoms with Crippen molar-refractivity contribution in [2.75, 3.05) is 19.5 Å². The minimum absolute atomic E-state index is 0.159. The summed E-state index contributed by atoms with van der Waals surface area (Å²) in [5.74, 6) is 1.59. The highest BCUT2D eigenvalue weighted by Gasteiger charge is 2.13. The van der Waals surface area contributed by atoms with E-state index in [9.17, 15) is 4.79 Å². The van der Waals surface area contributed by atoms with Gasteiger partial charge in [0.15, 0.2) is 0 Å². The lowest BCUT2D eigenvalue weighted by Crippen LogP contribution is -2.11. The van der Waals surface area contributed by atoms with Gasteiger partial charge in [-0.25, -0.2) is 0 Å². The third-order valence-corrected chi connectivity index (χ3v) is 4.29. The van der Waals surface area contributed by atoms with E-state index in [4.69, 9.17) is 4.74 Å². The minimum atomic E-state index is -0.159. The second-order valence-corrected chi connectivity index (χ2v) is 7.63. The first kappa shape index (κ1) is 17.9. The van der Waals surface area contributed by atoms with E-state index < -0.39 is 0 Å². The molecule has 0 aliphatic rings. The molecule has 4 heteroatoms. The lowest BCUT2D eigenvalue weighted by molar-refractivity contribution is -0.140. The van der Waals surface area contributed by atoms with Crippen molar-refractivity contribution < 1.29 is 14.3 Å². The van der Waals surface area contributed by atoms with Crippen molar-refractivity contribution in [3.63, 3.8) is 0 Å². The Labute approximate surface area is 132 Å². The lowest BCUT2D eigenvalue weighted by Gasteiger charge is -2.19. The molecule has 1 aromatic rings. The molecule has 1 atom stereocenters. The molecule has 0 spiro atoms. The maximum atomic E-state index is 11.1. The monoisotopic (exact) mass is 310 g/mol. The predicted octanol–water partition coefficient (Wildman–Crippen LogP) is 4.05. The van der Waals surface area contributed by atoms with E-state index in [0.717, 1.165) is 11.5 Å². The quantitative estimate of drug-likeness (QED) is 0.562. The van der Waals surface area contributed by atoms with Crippen LogP contribution in [0.1, 0.15) is 39.7 Å². The van der Waals surface area contributed by atoms with Gasteiger partial charge in [0, 0.05) is 11.0 Å². The number of hydrogen-bond donors (Lipinski definition) is 0. The maximum absolute atomic E-state index is 11.1. The largest absolute Gasteiger partial charge is 0.493 e. The summed E-state index contributed by atoms with van der Waals surface area (Å²) in [6.45, 7) is 9.26. The molecule has 118 valence electrons. The zero-order valence-corrected chi connectivity index (χ0v) is 14.5. The number of esters is 1. The summed E-state index contributed by atoms with van der Waals surface area (Å²) in [7, 11) is 1.42. The fraction of sp³-hybridized carbons (Fsp3) is 0.588. The summed E-state index contributed by atoms with van der Waals surface area (Å²) in [5, 5.41) is 0.254. The first-order chi connectivity index (χ1) is 9.82. The number of hydrogen-bond acceptors (Lipinski definition) is 4. The molecule has 0 N–H and O–H groups in total. The maximum Gasteiger partial charge on any atom is 0.306 e. The van der Waals surface area contributed by atoms with E-state index in [0.29, 0.717) is 13.0 Å². The average Bonchev–Trinajstić information content (AvgIpc) is 2.43. The van der Waals surface area contributed by atoms with Gasteiger partial charge in [0.05, 0.1) is 20.1 Å². The van der Waals surface area contributed by atoms with E-state index >= 15 is 0 Å². The van der Waals surface area contributed by atoms with Gasteiger partial charge in [0.2, 0.25) is 0 Å². The Hall–Kier alpha value is -1.16. The van der Waals surface area contributed by atoms with Gasteiger partial charge in [0.1, 0.15) is 5.75 Å². The molecule has 21 heavy (non-hydrogen) atoms. The normalized spacial score (nSPS) is 12.8. The Kier molecular flexibility index (Phi) is 7.09. The van der Waals surface area contributed by atoms with E-state index in [-0.39, 0.29) is 16.6 Å². The highest BCUT2D eigenvalue weighted by molar-refractivity contribution is 7.99. The third kappa shape index (κ3) is 6.89. The lowest BCUT2D eigenvalue weighted by atomic mass is 9.87. The molecular weight excluding hydrogens is 284 g/mol. The van der Waals surface area contributed by atoms with Crippen LogP contribution in [0.25, 0.3) is 0 Å². The molecule has 0 aromatic heterocycles. The molecular formula is C17H26O3S. The molecule has 0 aliphatic carbocycles.